The first-order valence-corrected chi connectivity index (χ1v) is 7.93. The lowest BCUT2D eigenvalue weighted by atomic mass is 10.0. The van der Waals surface area contributed by atoms with Gasteiger partial charge in [-0.25, -0.2) is 17.9 Å². The molecule has 0 bridgehead atoms. The van der Waals surface area contributed by atoms with Crippen LogP contribution in [0.5, 0.6) is 0 Å². The van der Waals surface area contributed by atoms with E-state index in [2.05, 4.69) is 10.3 Å². The minimum Gasteiger partial charge on any atom is -0.332 e. The topological polar surface area (TPSA) is 77.0 Å². The van der Waals surface area contributed by atoms with Crippen LogP contribution in [0.2, 0.25) is 0 Å². The van der Waals surface area contributed by atoms with Gasteiger partial charge in [-0.05, 0) is 25.0 Å². The molecule has 142 valence electrons. The van der Waals surface area contributed by atoms with Gasteiger partial charge in [-0.15, -0.1) is 17.5 Å². The fourth-order valence-corrected chi connectivity index (χ4v) is 3.08. The van der Waals surface area contributed by atoms with Crippen LogP contribution in [-0.4, -0.2) is 38.4 Å². The summed E-state index contributed by atoms with van der Waals surface area (Å²) in [4.78, 5) is 14.2. The van der Waals surface area contributed by atoms with Crippen molar-refractivity contribution in [2.75, 3.05) is 6.54 Å². The first-order chi connectivity index (χ1) is 11.9. The number of amides is 1. The van der Waals surface area contributed by atoms with E-state index in [1.807, 2.05) is 6.92 Å². The van der Waals surface area contributed by atoms with Gasteiger partial charge >= 0.3 is 0 Å². The van der Waals surface area contributed by atoms with E-state index < -0.39 is 23.5 Å². The molecule has 1 aliphatic heterocycles. The summed E-state index contributed by atoms with van der Waals surface area (Å²) in [6.45, 7) is 2.88. The Hall–Kier alpha value is -2.13. The van der Waals surface area contributed by atoms with Gasteiger partial charge in [-0.3, -0.25) is 4.79 Å². The van der Waals surface area contributed by atoms with Gasteiger partial charge in [-0.1, -0.05) is 5.21 Å². The number of halogens is 4. The molecule has 1 aromatic carbocycles. The minimum absolute atomic E-state index is 0. The van der Waals surface area contributed by atoms with Crippen molar-refractivity contribution in [2.24, 2.45) is 5.73 Å². The minimum atomic E-state index is -1.25. The highest BCUT2D eigenvalue weighted by molar-refractivity contribution is 5.85. The monoisotopic (exact) mass is 389 g/mol. The van der Waals surface area contributed by atoms with Crippen molar-refractivity contribution in [1.29, 1.82) is 0 Å². The van der Waals surface area contributed by atoms with Crippen molar-refractivity contribution >= 4 is 18.3 Å². The zero-order chi connectivity index (χ0) is 18.1. The normalized spacial score (nSPS) is 17.4. The first kappa shape index (κ1) is 20.2. The third kappa shape index (κ3) is 3.99. The Morgan fingerprint density at radius 3 is 2.69 bits per heavy atom. The van der Waals surface area contributed by atoms with Crippen LogP contribution in [0.4, 0.5) is 13.2 Å². The van der Waals surface area contributed by atoms with Gasteiger partial charge < -0.3 is 10.6 Å². The molecule has 0 saturated carbocycles. The van der Waals surface area contributed by atoms with E-state index in [1.54, 1.807) is 15.8 Å². The summed E-state index contributed by atoms with van der Waals surface area (Å²) in [6.07, 6.45) is 1.53. The number of aromatic nitrogens is 3. The standard InChI is InChI=1S/C16H18F3N5O.ClH/c1-9-15-8-21-22-24(15)3-2-23(9)16(25)6-11(20)4-10-5-13(18)14(19)7-12(10)17;/h5,7-9,11H,2-4,6,20H2,1H3;1H/t9?,11-;/m1./s1. The van der Waals surface area contributed by atoms with E-state index >= 15 is 0 Å². The number of hydrogen-bond donors (Lipinski definition) is 1. The van der Waals surface area contributed by atoms with Gasteiger partial charge in [0.1, 0.15) is 5.82 Å². The second-order valence-electron chi connectivity index (χ2n) is 6.17. The fraction of sp³-hybridized carbons (Fsp3) is 0.438. The Labute approximate surface area is 154 Å². The molecule has 6 nitrogen and oxygen atoms in total. The van der Waals surface area contributed by atoms with Crippen LogP contribution in [0.3, 0.4) is 0 Å². The molecule has 0 saturated heterocycles. The van der Waals surface area contributed by atoms with Gasteiger partial charge in [0.2, 0.25) is 5.91 Å². The molecule has 1 aliphatic rings. The molecular formula is C16H19ClF3N5O. The van der Waals surface area contributed by atoms with E-state index in [0.29, 0.717) is 19.2 Å². The van der Waals surface area contributed by atoms with Gasteiger partial charge in [-0.2, -0.15) is 0 Å². The first-order valence-electron chi connectivity index (χ1n) is 7.93. The molecule has 1 unspecified atom stereocenters. The molecule has 0 radical (unpaired) electrons. The lowest BCUT2D eigenvalue weighted by molar-refractivity contribution is -0.134. The highest BCUT2D eigenvalue weighted by Gasteiger charge is 2.29. The molecule has 2 atom stereocenters. The maximum Gasteiger partial charge on any atom is 0.224 e. The van der Waals surface area contributed by atoms with Crippen molar-refractivity contribution in [1.82, 2.24) is 19.9 Å². The molecule has 2 aromatic rings. The molecular weight excluding hydrogens is 371 g/mol. The van der Waals surface area contributed by atoms with E-state index in [0.717, 1.165) is 11.8 Å². The molecule has 0 spiro atoms. The highest BCUT2D eigenvalue weighted by Crippen LogP contribution is 2.24. The molecule has 10 heteroatoms. The van der Waals surface area contributed by atoms with E-state index in [4.69, 9.17) is 5.73 Å². The van der Waals surface area contributed by atoms with E-state index in [-0.39, 0.29) is 42.8 Å². The van der Waals surface area contributed by atoms with Crippen LogP contribution in [0.15, 0.2) is 18.3 Å². The fourth-order valence-electron chi connectivity index (χ4n) is 3.08. The molecule has 26 heavy (non-hydrogen) atoms. The van der Waals surface area contributed by atoms with Crippen LogP contribution in [-0.2, 0) is 17.8 Å². The molecule has 0 aliphatic carbocycles. The number of hydrogen-bond acceptors (Lipinski definition) is 4. The Kier molecular flexibility index (Phi) is 6.25. The summed E-state index contributed by atoms with van der Waals surface area (Å²) in [7, 11) is 0. The predicted molar refractivity (Wildman–Crippen MR) is 90.0 cm³/mol. The lowest BCUT2D eigenvalue weighted by Gasteiger charge is -2.34. The van der Waals surface area contributed by atoms with E-state index in [1.165, 1.54) is 0 Å². The number of benzene rings is 1. The van der Waals surface area contributed by atoms with Crippen molar-refractivity contribution in [3.63, 3.8) is 0 Å². The van der Waals surface area contributed by atoms with Crippen LogP contribution in [0.1, 0.15) is 30.6 Å². The largest absolute Gasteiger partial charge is 0.332 e. The molecule has 1 amide bonds. The van der Waals surface area contributed by atoms with Gasteiger partial charge in [0, 0.05) is 25.1 Å². The lowest BCUT2D eigenvalue weighted by Crippen LogP contribution is -2.43. The third-order valence-corrected chi connectivity index (χ3v) is 4.42. The summed E-state index contributed by atoms with van der Waals surface area (Å²) in [5.41, 5.74) is 6.72. The summed E-state index contributed by atoms with van der Waals surface area (Å²) in [5, 5.41) is 7.77. The second-order valence-corrected chi connectivity index (χ2v) is 6.17. The highest BCUT2D eigenvalue weighted by atomic mass is 35.5. The maximum atomic E-state index is 13.7. The maximum absolute atomic E-state index is 13.7. The molecule has 0 fully saturated rings. The summed E-state index contributed by atoms with van der Waals surface area (Å²) in [5.74, 6) is -3.45. The Morgan fingerprint density at radius 1 is 1.27 bits per heavy atom. The van der Waals surface area contributed by atoms with E-state index in [9.17, 15) is 18.0 Å². The van der Waals surface area contributed by atoms with Crippen molar-refractivity contribution in [3.8, 4) is 0 Å². The predicted octanol–water partition coefficient (Wildman–Crippen LogP) is 1.98. The molecule has 1 aromatic heterocycles. The molecule has 2 N–H and O–H groups in total. The number of carbonyl (C=O) groups excluding carboxylic acids is 1. The Bertz CT molecular complexity index is 800. The molecule has 2 heterocycles. The summed E-state index contributed by atoms with van der Waals surface area (Å²) < 4.78 is 41.7. The van der Waals surface area contributed by atoms with Gasteiger partial charge in [0.25, 0.3) is 0 Å². The van der Waals surface area contributed by atoms with Crippen LogP contribution in [0.25, 0.3) is 0 Å². The number of nitrogens with two attached hydrogens (primary N) is 1. The summed E-state index contributed by atoms with van der Waals surface area (Å²) in [6, 6.07) is 0.371. The zero-order valence-corrected chi connectivity index (χ0v) is 14.8. The van der Waals surface area contributed by atoms with Crippen molar-refractivity contribution in [2.45, 2.75) is 38.4 Å². The number of rotatable bonds is 4. The number of nitrogens with zero attached hydrogens (tertiary/aromatic N) is 4. The van der Waals surface area contributed by atoms with Crippen LogP contribution < -0.4 is 5.73 Å². The smallest absolute Gasteiger partial charge is 0.224 e. The average Bonchev–Trinajstić information content (AvgIpc) is 3.02. The molecule has 3 rings (SSSR count). The van der Waals surface area contributed by atoms with Crippen molar-refractivity contribution < 1.29 is 18.0 Å². The van der Waals surface area contributed by atoms with Crippen LogP contribution in [0, 0.1) is 17.5 Å². The second kappa shape index (κ2) is 8.05. The quantitative estimate of drug-likeness (QED) is 0.811. The van der Waals surface area contributed by atoms with Crippen LogP contribution >= 0.6 is 12.4 Å². The number of carbonyl (C=O) groups is 1. The Morgan fingerprint density at radius 2 is 1.96 bits per heavy atom. The van der Waals surface area contributed by atoms with Gasteiger partial charge in [0.05, 0.1) is 24.5 Å². The Balaban J connectivity index is 0.00000243. The summed E-state index contributed by atoms with van der Waals surface area (Å²) >= 11 is 0. The zero-order valence-electron chi connectivity index (χ0n) is 14.0. The van der Waals surface area contributed by atoms with Gasteiger partial charge in [0.15, 0.2) is 11.6 Å². The van der Waals surface area contributed by atoms with Crippen molar-refractivity contribution in [3.05, 3.63) is 47.0 Å². The SMILES string of the molecule is CC1c2cnnn2CCN1C(=O)C[C@H](N)Cc1cc(F)c(F)cc1F.Cl. The third-order valence-electron chi connectivity index (χ3n) is 4.42. The average molecular weight is 390 g/mol. The number of fused-ring (bicyclic) bond motifs is 1.